The van der Waals surface area contributed by atoms with E-state index in [4.69, 9.17) is 20.9 Å². The molecular weight excluding hydrogens is 1050 g/mol. The molecule has 1 aliphatic heterocycles. The Balaban J connectivity index is 0.000000147. The van der Waals surface area contributed by atoms with Gasteiger partial charge in [-0.15, -0.1) is 0 Å². The van der Waals surface area contributed by atoms with E-state index < -0.39 is 63.7 Å². The van der Waals surface area contributed by atoms with Gasteiger partial charge in [0.1, 0.15) is 17.3 Å². The first-order valence-corrected chi connectivity index (χ1v) is 27.9. The molecule has 4 atom stereocenters. The number of nitrogens with one attached hydrogen (secondary N) is 1. The normalized spacial score (nSPS) is 24.9. The second-order valence-corrected chi connectivity index (χ2v) is 24.5. The van der Waals surface area contributed by atoms with E-state index in [1.165, 1.54) is 30.6 Å². The number of aromatic amines is 1. The Morgan fingerprint density at radius 2 is 1.22 bits per heavy atom. The van der Waals surface area contributed by atoms with Gasteiger partial charge in [-0.25, -0.2) is 59.9 Å². The van der Waals surface area contributed by atoms with Crippen molar-refractivity contribution >= 4 is 68.2 Å². The van der Waals surface area contributed by atoms with Crippen molar-refractivity contribution < 1.29 is 55.1 Å². The summed E-state index contributed by atoms with van der Waals surface area (Å²) in [4.78, 5) is 50.8. The molecule has 2 unspecified atom stereocenters. The van der Waals surface area contributed by atoms with Crippen molar-refractivity contribution in [2.45, 2.75) is 115 Å². The number of fused-ring (bicyclic) bond motifs is 8. The average molecular weight is 1110 g/mol. The number of rotatable bonds is 10. The first-order chi connectivity index (χ1) is 37.0. The molecule has 0 spiro atoms. The molecule has 7 aliphatic rings. The summed E-state index contributed by atoms with van der Waals surface area (Å²) in [5.74, 6) is -4.24. The highest BCUT2D eigenvalue weighted by atomic mass is 35.5. The van der Waals surface area contributed by atoms with E-state index in [0.717, 1.165) is 91.0 Å². The summed E-state index contributed by atoms with van der Waals surface area (Å²) < 4.78 is 96.3. The number of carboxylic acids is 2. The number of benzene rings is 1. The zero-order valence-corrected chi connectivity index (χ0v) is 45.0. The van der Waals surface area contributed by atoms with Gasteiger partial charge in [-0.1, -0.05) is 17.7 Å². The maximum Gasteiger partial charge on any atom is 0.497 e. The average Bonchev–Trinajstić information content (AvgIpc) is 4.07. The van der Waals surface area contributed by atoms with Crippen LogP contribution in [0.25, 0.3) is 33.5 Å². The highest BCUT2D eigenvalue weighted by Gasteiger charge is 2.53. The second-order valence-electron chi connectivity index (χ2n) is 22.3. The van der Waals surface area contributed by atoms with Crippen LogP contribution in [-0.4, -0.2) is 87.8 Å². The minimum absolute atomic E-state index is 0.00856. The fraction of sp³-hybridized carbons (Fsp3) is 0.455. The zero-order chi connectivity index (χ0) is 55.6. The number of carbonyl (C=O) groups is 2. The Morgan fingerprint density at radius 1 is 0.718 bits per heavy atom. The molecule has 4 bridgehead atoms. The minimum Gasteiger partial charge on any atom is -0.481 e. The number of carboxylic acid groups (broad SMARTS) is 2. The van der Waals surface area contributed by atoms with E-state index >= 15 is 0 Å². The van der Waals surface area contributed by atoms with Crippen LogP contribution in [-0.2, 0) is 41.8 Å². The lowest BCUT2D eigenvalue weighted by Gasteiger charge is -2.46. The number of aryl methyl sites for hydroxylation is 1. The van der Waals surface area contributed by atoms with E-state index in [2.05, 4.69) is 34.9 Å². The monoisotopic (exact) mass is 1110 g/mol. The standard InChI is InChI=1S/C28H26F2N4O4S.C14H16ClFN2O2.C13H16BFN2O2/c1-15-2-8-19(9-3-15)39(37,38)34-14-22(21-10-18(29)12-32-27(21)34)26-31-13-23(30)24(33-26)11-20-16-4-6-17(7-5-16)25(20)28(35)36;15-14-17-6-10(16)11(18-14)5-9-7-1-3-8(4-2-7)12(9)13(19)20;1-12(2)13(3,4)19-14(18-12)10-7-17-11-9(10)5-8(15)6-16-11/h2-3,8-10,12-14,16-17,20,25H,4-7,11H2,1H3,(H,35,36);6-9,12H,1-5H2,(H,19,20);5-7H,1-4H3,(H,16,17)/t16?,17?,20?,25-;7?,8?,9?,12-;/m00./s1. The van der Waals surface area contributed by atoms with E-state index in [1.54, 1.807) is 18.3 Å². The Hall–Kier alpha value is -6.36. The number of halogens is 5. The topological polar surface area (TPSA) is 225 Å². The van der Waals surface area contributed by atoms with Gasteiger partial charge in [0.25, 0.3) is 10.0 Å². The Kier molecular flexibility index (Phi) is 15.1. The molecule has 410 valence electrons. The first kappa shape index (κ1) is 55.0. The van der Waals surface area contributed by atoms with Gasteiger partial charge in [0.15, 0.2) is 23.1 Å². The predicted molar refractivity (Wildman–Crippen MR) is 281 cm³/mol. The van der Waals surface area contributed by atoms with Crippen molar-refractivity contribution in [1.29, 1.82) is 0 Å². The molecule has 1 saturated heterocycles. The molecule has 1 aromatic carbocycles. The summed E-state index contributed by atoms with van der Waals surface area (Å²) in [7, 11) is -4.62. The maximum atomic E-state index is 15.0. The Labute approximate surface area is 453 Å². The van der Waals surface area contributed by atoms with Crippen molar-refractivity contribution in [1.82, 2.24) is 38.9 Å². The van der Waals surface area contributed by atoms with Crippen molar-refractivity contribution in [3.05, 3.63) is 119 Å². The molecule has 6 aliphatic carbocycles. The van der Waals surface area contributed by atoms with Crippen LogP contribution < -0.4 is 5.46 Å². The summed E-state index contributed by atoms with van der Waals surface area (Å²) in [6, 6.07) is 8.88. The smallest absolute Gasteiger partial charge is 0.481 e. The quantitative estimate of drug-likeness (QED) is 0.0659. The van der Waals surface area contributed by atoms with E-state index in [1.807, 2.05) is 34.6 Å². The Morgan fingerprint density at radius 3 is 1.77 bits per heavy atom. The van der Waals surface area contributed by atoms with Crippen LogP contribution >= 0.6 is 11.6 Å². The number of pyridine rings is 2. The molecule has 6 aromatic heterocycles. The van der Waals surface area contributed by atoms with Gasteiger partial charge in [0.2, 0.25) is 5.28 Å². The van der Waals surface area contributed by atoms with E-state index in [0.29, 0.717) is 23.4 Å². The molecule has 7 fully saturated rings. The molecule has 23 heteroatoms. The van der Waals surface area contributed by atoms with Gasteiger partial charge in [-0.2, -0.15) is 0 Å². The number of aliphatic carboxylic acids is 2. The van der Waals surface area contributed by atoms with Gasteiger partial charge in [-0.3, -0.25) is 9.59 Å². The molecule has 16 nitrogen and oxygen atoms in total. The fourth-order valence-electron chi connectivity index (χ4n) is 12.6. The molecule has 14 rings (SSSR count). The second kappa shape index (κ2) is 21.4. The van der Waals surface area contributed by atoms with Gasteiger partial charge >= 0.3 is 19.1 Å². The molecule has 0 radical (unpaired) electrons. The van der Waals surface area contributed by atoms with E-state index in [9.17, 15) is 45.8 Å². The number of H-pyrrole nitrogens is 1. The third kappa shape index (κ3) is 10.6. The minimum atomic E-state index is -4.11. The van der Waals surface area contributed by atoms with Gasteiger partial charge in [-0.05, 0) is 170 Å². The van der Waals surface area contributed by atoms with Crippen LogP contribution in [0.3, 0.4) is 0 Å². The molecular formula is C55H58BClF4N8O8S. The van der Waals surface area contributed by atoms with Gasteiger partial charge in [0, 0.05) is 34.2 Å². The Bertz CT molecular complexity index is 3520. The molecule has 7 heterocycles. The van der Waals surface area contributed by atoms with Crippen LogP contribution in [0.1, 0.15) is 96.0 Å². The largest absolute Gasteiger partial charge is 0.497 e. The maximum absolute atomic E-state index is 15.0. The lowest BCUT2D eigenvalue weighted by molar-refractivity contribution is -0.153. The third-order valence-electron chi connectivity index (χ3n) is 17.2. The fourth-order valence-corrected chi connectivity index (χ4v) is 14.0. The molecule has 3 N–H and O–H groups in total. The molecule has 0 amide bonds. The molecule has 78 heavy (non-hydrogen) atoms. The van der Waals surface area contributed by atoms with Gasteiger partial charge in [0.05, 0.1) is 64.1 Å². The highest BCUT2D eigenvalue weighted by Crippen LogP contribution is 2.51. The SMILES string of the molecule is CC1(C)OB(c2c[nH]c3ncc(F)cc23)OC1(C)C.Cc1ccc(S(=O)(=O)n2cc(-c3ncc(F)c(CC4C5CCC(CC5)[C@@H]4C(=O)O)n3)c3cc(F)cnc32)cc1.O=C(O)[C@H]1C2CCC(CC2)C1Cc1nc(Cl)ncc1F. The van der Waals surface area contributed by atoms with Crippen LogP contribution in [0, 0.1) is 77.5 Å². The third-order valence-corrected chi connectivity index (χ3v) is 19.1. The van der Waals surface area contributed by atoms with Crippen LogP contribution in [0.5, 0.6) is 0 Å². The van der Waals surface area contributed by atoms with Crippen LogP contribution in [0.2, 0.25) is 5.28 Å². The van der Waals surface area contributed by atoms with Crippen molar-refractivity contribution in [2.24, 2.45) is 47.3 Å². The summed E-state index contributed by atoms with van der Waals surface area (Å²) >= 11 is 5.71. The van der Waals surface area contributed by atoms with Gasteiger partial charge < -0.3 is 24.5 Å². The van der Waals surface area contributed by atoms with Crippen LogP contribution in [0.4, 0.5) is 17.6 Å². The predicted octanol–water partition coefficient (Wildman–Crippen LogP) is 9.95. The summed E-state index contributed by atoms with van der Waals surface area (Å²) in [6.07, 6.45) is 15.3. The first-order valence-electron chi connectivity index (χ1n) is 26.1. The lowest BCUT2D eigenvalue weighted by atomic mass is 9.57. The number of hydrogen-bond acceptors (Lipinski definition) is 12. The van der Waals surface area contributed by atoms with Crippen LogP contribution in [0.15, 0.2) is 78.5 Å². The summed E-state index contributed by atoms with van der Waals surface area (Å²) in [5.41, 5.74) is 1.93. The zero-order valence-electron chi connectivity index (χ0n) is 43.5. The van der Waals surface area contributed by atoms with E-state index in [-0.39, 0.29) is 91.7 Å². The lowest BCUT2D eigenvalue weighted by Crippen LogP contribution is -2.45. The molecule has 6 saturated carbocycles. The highest BCUT2D eigenvalue weighted by molar-refractivity contribution is 7.90. The van der Waals surface area contributed by atoms with Crippen molar-refractivity contribution in [3.8, 4) is 11.4 Å². The van der Waals surface area contributed by atoms with Crippen molar-refractivity contribution in [2.75, 3.05) is 0 Å². The summed E-state index contributed by atoms with van der Waals surface area (Å²) in [6.45, 7) is 9.78. The number of aromatic nitrogens is 8. The van der Waals surface area contributed by atoms with Crippen molar-refractivity contribution in [3.63, 3.8) is 0 Å². The molecule has 7 aromatic rings. The number of hydrogen-bond donors (Lipinski definition) is 3. The number of nitrogens with zero attached hydrogens (tertiary/aromatic N) is 7. The summed E-state index contributed by atoms with van der Waals surface area (Å²) in [5, 5.41) is 20.3.